The summed E-state index contributed by atoms with van der Waals surface area (Å²) in [5, 5.41) is 8.86. The molecule has 0 aliphatic heterocycles. The number of hydrogen-bond acceptors (Lipinski definition) is 6. The van der Waals surface area contributed by atoms with Crippen LogP contribution < -0.4 is 25.4 Å². The lowest BCUT2D eigenvalue weighted by molar-refractivity contribution is -0.125. The van der Waals surface area contributed by atoms with Gasteiger partial charge in [0.25, 0.3) is 11.8 Å². The summed E-state index contributed by atoms with van der Waals surface area (Å²) < 4.78 is 16.0. The molecule has 0 aliphatic carbocycles. The summed E-state index contributed by atoms with van der Waals surface area (Å²) in [4.78, 5) is 24.7. The molecule has 0 bridgehead atoms. The van der Waals surface area contributed by atoms with E-state index in [1.807, 2.05) is 0 Å². The summed E-state index contributed by atoms with van der Waals surface area (Å²) in [6.45, 7) is 1.55. The predicted octanol–water partition coefficient (Wildman–Crippen LogP) is 5.13. The normalized spacial score (nSPS) is 11.3. The van der Waals surface area contributed by atoms with E-state index in [9.17, 15) is 9.59 Å². The van der Waals surface area contributed by atoms with Crippen LogP contribution in [-0.4, -0.2) is 30.1 Å². The summed E-state index contributed by atoms with van der Waals surface area (Å²) in [5.41, 5.74) is 0.886. The average molecular weight is 508 g/mol. The number of furan rings is 1. The van der Waals surface area contributed by atoms with Crippen LogP contribution in [0.15, 0.2) is 59.2 Å². The molecule has 0 radical (unpaired) electrons. The van der Waals surface area contributed by atoms with Gasteiger partial charge in [-0.05, 0) is 67.7 Å². The standard InChI is InChI=1S/C22H19Cl2N3O5S/c1-12(32-17-7-5-13(23)10-15(17)24)20(28)27-22(33)26-16-11-14(6-8-18(16)30-2)25-21(29)19-4-3-9-31-19/h3-12H,1-2H3,(H,25,29)(H2,26,27,28,33). The monoisotopic (exact) mass is 507 g/mol. The quantitative estimate of drug-likeness (QED) is 0.381. The van der Waals surface area contributed by atoms with E-state index in [0.717, 1.165) is 0 Å². The Morgan fingerprint density at radius 3 is 2.48 bits per heavy atom. The van der Waals surface area contributed by atoms with Crippen molar-refractivity contribution in [3.8, 4) is 11.5 Å². The summed E-state index contributed by atoms with van der Waals surface area (Å²) in [5.74, 6) is 0.000541. The zero-order valence-electron chi connectivity index (χ0n) is 17.5. The Morgan fingerprint density at radius 1 is 1.06 bits per heavy atom. The number of carbonyl (C=O) groups excluding carboxylic acids is 2. The van der Waals surface area contributed by atoms with Gasteiger partial charge >= 0.3 is 0 Å². The Kier molecular flexibility index (Phi) is 8.16. The van der Waals surface area contributed by atoms with Crippen molar-refractivity contribution < 1.29 is 23.5 Å². The first-order valence-corrected chi connectivity index (χ1v) is 10.7. The third kappa shape index (κ3) is 6.61. The Balaban J connectivity index is 1.63. The lowest BCUT2D eigenvalue weighted by Crippen LogP contribution is -2.42. The molecule has 1 unspecified atom stereocenters. The Morgan fingerprint density at radius 2 is 1.82 bits per heavy atom. The van der Waals surface area contributed by atoms with E-state index in [0.29, 0.717) is 27.9 Å². The average Bonchev–Trinajstić information content (AvgIpc) is 3.31. The lowest BCUT2D eigenvalue weighted by atomic mass is 10.2. The zero-order chi connectivity index (χ0) is 24.0. The molecule has 3 rings (SSSR count). The highest BCUT2D eigenvalue weighted by Gasteiger charge is 2.18. The first kappa shape index (κ1) is 24.4. The van der Waals surface area contributed by atoms with Gasteiger partial charge in [0.2, 0.25) is 0 Å². The smallest absolute Gasteiger partial charge is 0.291 e. The third-order valence-corrected chi connectivity index (χ3v) is 4.99. The number of rotatable bonds is 7. The number of halogens is 2. The molecule has 3 aromatic rings. The van der Waals surface area contributed by atoms with Crippen LogP contribution in [0, 0.1) is 0 Å². The topological polar surface area (TPSA) is 102 Å². The van der Waals surface area contributed by atoms with Crippen LogP contribution in [0.3, 0.4) is 0 Å². The molecule has 172 valence electrons. The molecule has 1 atom stereocenters. The lowest BCUT2D eigenvalue weighted by Gasteiger charge is -2.18. The fraction of sp³-hybridized carbons (Fsp3) is 0.136. The van der Waals surface area contributed by atoms with Gasteiger partial charge in [0, 0.05) is 10.7 Å². The minimum absolute atomic E-state index is 0.00506. The zero-order valence-corrected chi connectivity index (χ0v) is 19.8. The fourth-order valence-corrected chi connectivity index (χ4v) is 3.33. The molecule has 0 aliphatic rings. The predicted molar refractivity (Wildman–Crippen MR) is 131 cm³/mol. The van der Waals surface area contributed by atoms with Crippen molar-refractivity contribution in [3.05, 3.63) is 70.6 Å². The van der Waals surface area contributed by atoms with Gasteiger partial charge in [-0.3, -0.25) is 14.9 Å². The Labute approximate surface area is 205 Å². The van der Waals surface area contributed by atoms with Gasteiger partial charge in [-0.2, -0.15) is 0 Å². The Bertz CT molecular complexity index is 1170. The fourth-order valence-electron chi connectivity index (χ4n) is 2.67. The maximum atomic E-state index is 12.5. The van der Waals surface area contributed by atoms with E-state index in [1.165, 1.54) is 19.4 Å². The molecule has 3 N–H and O–H groups in total. The third-order valence-electron chi connectivity index (χ3n) is 4.25. The first-order chi connectivity index (χ1) is 15.8. The number of ether oxygens (including phenoxy) is 2. The summed E-state index contributed by atoms with van der Waals surface area (Å²) in [6, 6.07) is 12.7. The number of hydrogen-bond donors (Lipinski definition) is 3. The van der Waals surface area contributed by atoms with E-state index in [1.54, 1.807) is 49.4 Å². The Hall–Kier alpha value is -3.27. The van der Waals surface area contributed by atoms with E-state index in [-0.39, 0.29) is 15.9 Å². The van der Waals surface area contributed by atoms with E-state index in [2.05, 4.69) is 16.0 Å². The van der Waals surface area contributed by atoms with Crippen LogP contribution in [0.25, 0.3) is 0 Å². The van der Waals surface area contributed by atoms with Crippen molar-refractivity contribution in [2.24, 2.45) is 0 Å². The summed E-state index contributed by atoms with van der Waals surface area (Å²) >= 11 is 17.2. The largest absolute Gasteiger partial charge is 0.495 e. The second kappa shape index (κ2) is 11.0. The van der Waals surface area contributed by atoms with Gasteiger partial charge in [0.1, 0.15) is 11.5 Å². The highest BCUT2D eigenvalue weighted by atomic mass is 35.5. The van der Waals surface area contributed by atoms with Gasteiger partial charge in [0.05, 0.1) is 24.1 Å². The number of amides is 2. The molecular weight excluding hydrogens is 489 g/mol. The highest BCUT2D eigenvalue weighted by Crippen LogP contribution is 2.29. The first-order valence-electron chi connectivity index (χ1n) is 9.53. The van der Waals surface area contributed by atoms with Gasteiger partial charge in [-0.15, -0.1) is 0 Å². The van der Waals surface area contributed by atoms with Crippen LogP contribution >= 0.6 is 35.4 Å². The molecule has 0 fully saturated rings. The molecule has 8 nitrogen and oxygen atoms in total. The second-order valence-electron chi connectivity index (χ2n) is 6.62. The number of carbonyl (C=O) groups is 2. The van der Waals surface area contributed by atoms with Crippen molar-refractivity contribution in [1.29, 1.82) is 0 Å². The SMILES string of the molecule is COc1ccc(NC(=O)c2ccco2)cc1NC(=S)NC(=O)C(C)Oc1ccc(Cl)cc1Cl. The van der Waals surface area contributed by atoms with Gasteiger partial charge in [0.15, 0.2) is 17.0 Å². The van der Waals surface area contributed by atoms with Crippen molar-refractivity contribution >= 4 is 63.7 Å². The van der Waals surface area contributed by atoms with Crippen molar-refractivity contribution in [3.63, 3.8) is 0 Å². The van der Waals surface area contributed by atoms with Crippen molar-refractivity contribution in [2.45, 2.75) is 13.0 Å². The van der Waals surface area contributed by atoms with E-state index in [4.69, 9.17) is 49.3 Å². The molecular formula is C22H19Cl2N3O5S. The summed E-state index contributed by atoms with van der Waals surface area (Å²) in [6.07, 6.45) is 0.507. The minimum atomic E-state index is -0.899. The van der Waals surface area contributed by atoms with Gasteiger partial charge in [-0.1, -0.05) is 23.2 Å². The van der Waals surface area contributed by atoms with Crippen LogP contribution in [0.4, 0.5) is 11.4 Å². The number of nitrogens with one attached hydrogen (secondary N) is 3. The maximum Gasteiger partial charge on any atom is 0.291 e. The molecule has 0 saturated carbocycles. The van der Waals surface area contributed by atoms with Crippen molar-refractivity contribution in [2.75, 3.05) is 17.7 Å². The molecule has 33 heavy (non-hydrogen) atoms. The molecule has 11 heteroatoms. The van der Waals surface area contributed by atoms with Gasteiger partial charge < -0.3 is 24.5 Å². The van der Waals surface area contributed by atoms with Crippen LogP contribution in [0.5, 0.6) is 11.5 Å². The molecule has 2 amide bonds. The number of benzene rings is 2. The molecule has 1 heterocycles. The highest BCUT2D eigenvalue weighted by molar-refractivity contribution is 7.80. The molecule has 2 aromatic carbocycles. The summed E-state index contributed by atoms with van der Waals surface area (Å²) in [7, 11) is 1.48. The molecule has 0 spiro atoms. The maximum absolute atomic E-state index is 12.5. The number of anilines is 2. The van der Waals surface area contributed by atoms with Crippen LogP contribution in [-0.2, 0) is 4.79 Å². The minimum Gasteiger partial charge on any atom is -0.495 e. The second-order valence-corrected chi connectivity index (χ2v) is 7.88. The molecule has 1 aromatic heterocycles. The van der Waals surface area contributed by atoms with Gasteiger partial charge in [-0.25, -0.2) is 0 Å². The van der Waals surface area contributed by atoms with Crippen molar-refractivity contribution in [1.82, 2.24) is 5.32 Å². The van der Waals surface area contributed by atoms with E-state index >= 15 is 0 Å². The number of methoxy groups -OCH3 is 1. The van der Waals surface area contributed by atoms with E-state index < -0.39 is 17.9 Å². The number of thiocarbonyl (C=S) groups is 1. The van der Waals surface area contributed by atoms with Crippen LogP contribution in [0.2, 0.25) is 10.0 Å². The molecule has 0 saturated heterocycles. The van der Waals surface area contributed by atoms with Crippen LogP contribution in [0.1, 0.15) is 17.5 Å².